The largest absolute Gasteiger partial charge is 0.376 e. The number of morpholine rings is 1. The number of ether oxygens (including phenoxy) is 1. The van der Waals surface area contributed by atoms with Gasteiger partial charge < -0.3 is 10.1 Å². The number of fused-ring (bicyclic) bond motifs is 2. The van der Waals surface area contributed by atoms with Gasteiger partial charge in [-0.05, 0) is 37.5 Å². The predicted molar refractivity (Wildman–Crippen MR) is 81.3 cm³/mol. The van der Waals surface area contributed by atoms with Gasteiger partial charge in [0.25, 0.3) is 0 Å². The molecule has 1 heterocycles. The summed E-state index contributed by atoms with van der Waals surface area (Å²) < 4.78 is 33.0. The highest BCUT2D eigenvalue weighted by Gasteiger charge is 2.36. The van der Waals surface area contributed by atoms with Crippen LogP contribution in [0.3, 0.4) is 0 Å². The highest BCUT2D eigenvalue weighted by Crippen LogP contribution is 2.42. The zero-order valence-electron chi connectivity index (χ0n) is 12.7. The van der Waals surface area contributed by atoms with E-state index in [-0.39, 0.29) is 19.2 Å². The lowest BCUT2D eigenvalue weighted by molar-refractivity contribution is 0.00988. The lowest BCUT2D eigenvalue weighted by Crippen LogP contribution is -2.52. The average molecular weight is 329 g/mol. The number of rotatable bonds is 4. The summed E-state index contributed by atoms with van der Waals surface area (Å²) in [7, 11) is -3.79. The number of amides is 2. The molecule has 2 bridgehead atoms. The molecule has 2 N–H and O–H groups in total. The minimum absolute atomic E-state index is 0.158. The highest BCUT2D eigenvalue weighted by atomic mass is 32.2. The van der Waals surface area contributed by atoms with Gasteiger partial charge in [-0.15, -0.1) is 0 Å². The van der Waals surface area contributed by atoms with Gasteiger partial charge in [-0.3, -0.25) is 0 Å². The maximum absolute atomic E-state index is 12.2. The third-order valence-electron chi connectivity index (χ3n) is 4.71. The second-order valence-electron chi connectivity index (χ2n) is 6.40. The highest BCUT2D eigenvalue weighted by molar-refractivity contribution is 7.87. The number of carbonyl (C=O) groups excluding carboxylic acids is 1. The summed E-state index contributed by atoms with van der Waals surface area (Å²) in [4.78, 5) is 11.9. The summed E-state index contributed by atoms with van der Waals surface area (Å²) in [6.07, 6.45) is 6.54. The van der Waals surface area contributed by atoms with Crippen molar-refractivity contribution in [2.24, 2.45) is 17.8 Å². The van der Waals surface area contributed by atoms with Crippen LogP contribution < -0.4 is 10.0 Å². The maximum atomic E-state index is 12.2. The first-order valence-electron chi connectivity index (χ1n) is 7.79. The van der Waals surface area contributed by atoms with Crippen molar-refractivity contribution in [1.29, 1.82) is 0 Å². The Morgan fingerprint density at radius 1 is 1.36 bits per heavy atom. The van der Waals surface area contributed by atoms with Crippen LogP contribution in [-0.2, 0) is 14.9 Å². The molecule has 4 atom stereocenters. The molecule has 8 heteroatoms. The van der Waals surface area contributed by atoms with Gasteiger partial charge >= 0.3 is 16.2 Å². The van der Waals surface area contributed by atoms with E-state index < -0.39 is 16.2 Å². The average Bonchev–Trinajstić information content (AvgIpc) is 3.07. The number of allylic oxidation sites excluding steroid dienone is 2. The molecule has 124 valence electrons. The first-order chi connectivity index (χ1) is 10.4. The fourth-order valence-electron chi connectivity index (χ4n) is 3.58. The van der Waals surface area contributed by atoms with E-state index in [2.05, 4.69) is 22.2 Å². The summed E-state index contributed by atoms with van der Waals surface area (Å²) in [6, 6.07) is -0.647. The second-order valence-corrected chi connectivity index (χ2v) is 8.07. The Morgan fingerprint density at radius 3 is 2.82 bits per heavy atom. The van der Waals surface area contributed by atoms with Crippen molar-refractivity contribution in [2.45, 2.75) is 25.9 Å². The molecule has 7 nitrogen and oxygen atoms in total. The second kappa shape index (κ2) is 6.17. The van der Waals surface area contributed by atoms with Gasteiger partial charge in [0.2, 0.25) is 0 Å². The molecule has 3 aliphatic rings. The van der Waals surface area contributed by atoms with Gasteiger partial charge in [0.1, 0.15) is 0 Å². The molecule has 2 fully saturated rings. The van der Waals surface area contributed by atoms with Crippen molar-refractivity contribution >= 4 is 16.2 Å². The summed E-state index contributed by atoms with van der Waals surface area (Å²) in [6.45, 7) is 3.21. The molecule has 3 rings (SSSR count). The topological polar surface area (TPSA) is 87.7 Å². The third kappa shape index (κ3) is 3.44. The molecule has 1 aliphatic heterocycles. The SMILES string of the molecule is CC1CN(S(=O)(=O)NC(=O)NCC2CC3C=CC2C3)CCO1. The predicted octanol–water partition coefficient (Wildman–Crippen LogP) is 0.463. The number of nitrogens with one attached hydrogen (secondary N) is 2. The molecule has 0 aromatic carbocycles. The van der Waals surface area contributed by atoms with E-state index in [0.717, 1.165) is 12.8 Å². The van der Waals surface area contributed by atoms with Gasteiger partial charge in [0.05, 0.1) is 12.7 Å². The summed E-state index contributed by atoms with van der Waals surface area (Å²) in [5, 5.41) is 2.69. The van der Waals surface area contributed by atoms with E-state index in [0.29, 0.717) is 30.9 Å². The zero-order chi connectivity index (χ0) is 15.7. The molecule has 4 unspecified atom stereocenters. The third-order valence-corrected chi connectivity index (χ3v) is 6.16. The fourth-order valence-corrected chi connectivity index (χ4v) is 4.73. The van der Waals surface area contributed by atoms with Crippen molar-refractivity contribution < 1.29 is 17.9 Å². The molecule has 0 aromatic heterocycles. The van der Waals surface area contributed by atoms with Gasteiger partial charge in [-0.2, -0.15) is 12.7 Å². The summed E-state index contributed by atoms with van der Waals surface area (Å²) >= 11 is 0. The first kappa shape index (κ1) is 15.8. The van der Waals surface area contributed by atoms with E-state index in [1.54, 1.807) is 0 Å². The van der Waals surface area contributed by atoms with Crippen LogP contribution in [0.15, 0.2) is 12.2 Å². The Morgan fingerprint density at radius 2 is 2.18 bits per heavy atom. The van der Waals surface area contributed by atoms with E-state index in [1.165, 1.54) is 4.31 Å². The number of hydrogen-bond donors (Lipinski definition) is 2. The van der Waals surface area contributed by atoms with Gasteiger partial charge in [0.15, 0.2) is 0 Å². The minimum Gasteiger partial charge on any atom is -0.376 e. The fraction of sp³-hybridized carbons (Fsp3) is 0.786. The van der Waals surface area contributed by atoms with Crippen molar-refractivity contribution in [3.8, 4) is 0 Å². The molecule has 1 saturated heterocycles. The monoisotopic (exact) mass is 329 g/mol. The quantitative estimate of drug-likeness (QED) is 0.734. The van der Waals surface area contributed by atoms with Crippen LogP contribution in [0.25, 0.3) is 0 Å². The lowest BCUT2D eigenvalue weighted by atomic mass is 9.94. The molecule has 22 heavy (non-hydrogen) atoms. The van der Waals surface area contributed by atoms with E-state index in [9.17, 15) is 13.2 Å². The molecule has 0 spiro atoms. The van der Waals surface area contributed by atoms with Crippen LogP contribution in [0, 0.1) is 17.8 Å². The molecule has 1 saturated carbocycles. The zero-order valence-corrected chi connectivity index (χ0v) is 13.5. The van der Waals surface area contributed by atoms with Crippen LogP contribution in [0.5, 0.6) is 0 Å². The number of nitrogens with zero attached hydrogens (tertiary/aromatic N) is 1. The minimum atomic E-state index is -3.79. The van der Waals surface area contributed by atoms with Gasteiger partial charge in [0, 0.05) is 19.6 Å². The maximum Gasteiger partial charge on any atom is 0.329 e. The Balaban J connectivity index is 1.47. The molecule has 0 radical (unpaired) electrons. The van der Waals surface area contributed by atoms with Crippen LogP contribution in [0.4, 0.5) is 4.79 Å². The number of urea groups is 1. The van der Waals surface area contributed by atoms with Crippen LogP contribution in [-0.4, -0.2) is 51.1 Å². The Labute approximate surface area is 131 Å². The van der Waals surface area contributed by atoms with Crippen molar-refractivity contribution in [1.82, 2.24) is 14.3 Å². The van der Waals surface area contributed by atoms with E-state index in [1.807, 2.05) is 6.92 Å². The lowest BCUT2D eigenvalue weighted by Gasteiger charge is -2.30. The van der Waals surface area contributed by atoms with Crippen LogP contribution in [0.2, 0.25) is 0 Å². The first-order valence-corrected chi connectivity index (χ1v) is 9.23. The van der Waals surface area contributed by atoms with E-state index in [4.69, 9.17) is 4.74 Å². The van der Waals surface area contributed by atoms with Crippen molar-refractivity contribution in [3.63, 3.8) is 0 Å². The van der Waals surface area contributed by atoms with E-state index >= 15 is 0 Å². The summed E-state index contributed by atoms with van der Waals surface area (Å²) in [5.74, 6) is 1.59. The Kier molecular flexibility index (Phi) is 4.42. The van der Waals surface area contributed by atoms with Crippen molar-refractivity contribution in [2.75, 3.05) is 26.2 Å². The molecule has 2 amide bonds. The standard InChI is InChI=1S/C14H23N3O4S/c1-10-9-17(4-5-21-10)22(19,20)16-14(18)15-8-13-7-11-2-3-12(13)6-11/h2-3,10-13H,4-9H2,1H3,(H2,15,16,18). The smallest absolute Gasteiger partial charge is 0.329 e. The number of hydrogen-bond acceptors (Lipinski definition) is 4. The van der Waals surface area contributed by atoms with Crippen LogP contribution in [0.1, 0.15) is 19.8 Å². The van der Waals surface area contributed by atoms with Gasteiger partial charge in [-0.25, -0.2) is 9.52 Å². The molecule has 0 aromatic rings. The van der Waals surface area contributed by atoms with Gasteiger partial charge in [-0.1, -0.05) is 12.2 Å². The summed E-state index contributed by atoms with van der Waals surface area (Å²) in [5.41, 5.74) is 0. The Bertz CT molecular complexity index is 562. The molecular weight excluding hydrogens is 306 g/mol. The number of carbonyl (C=O) groups is 1. The Hall–Kier alpha value is -1.12. The molecule has 2 aliphatic carbocycles. The molecular formula is C14H23N3O4S. The van der Waals surface area contributed by atoms with Crippen LogP contribution >= 0.6 is 0 Å². The normalized spacial score (nSPS) is 34.8. The van der Waals surface area contributed by atoms with Crippen molar-refractivity contribution in [3.05, 3.63) is 12.2 Å².